The Labute approximate surface area is 414 Å². The fourth-order valence-electron chi connectivity index (χ4n) is 8.03. The number of anilines is 1. The van der Waals surface area contributed by atoms with E-state index in [1.54, 1.807) is 6.07 Å². The molecule has 2 aliphatic rings. The number of nitriles is 1. The van der Waals surface area contributed by atoms with Crippen molar-refractivity contribution in [1.29, 1.82) is 5.26 Å². The number of pyridine rings is 1. The van der Waals surface area contributed by atoms with Crippen LogP contribution in [0.5, 0.6) is 5.75 Å². The minimum Gasteiger partial charge on any atom is -0.494 e. The molecule has 0 aliphatic carbocycles. The van der Waals surface area contributed by atoms with Crippen molar-refractivity contribution >= 4 is 62.5 Å². The zero-order valence-corrected chi connectivity index (χ0v) is 40.9. The SMILES string of the molecule is COc1cnc(-n2cnc(C(=O)NCc3cc(NCCCN4CCN(CCOCCOCCOCCOCI)CC4)ncn3)n2)c2[nH]cc(C(=O)C(=O)N3CCC(=C(C#N)c4ccccc4)CC3)c12. The zero-order chi connectivity index (χ0) is 48.2. The van der Waals surface area contributed by atoms with Crippen molar-refractivity contribution in [3.63, 3.8) is 0 Å². The highest BCUT2D eigenvalue weighted by molar-refractivity contribution is 14.1. The standard InChI is InChI=1S/C47H58IN13O8/c1-65-39-30-52-45(42-41(39)38(29-51-42)43(62)47(64)60-12-8-35(9-13-60)37(27-49)34-6-3-2-4-7-34)61-33-56-44(57-61)46(63)53-28-36-26-40(55-32-54-36)50-10-5-11-58-14-16-59(17-15-58)18-19-66-20-21-67-22-23-68-24-25-69-31-48/h2-4,6-7,26,29-30,32-33,51H,5,8-25,28,31H2,1H3,(H,53,63)(H,50,54,55). The topological polar surface area (TPSA) is 240 Å². The van der Waals surface area contributed by atoms with Gasteiger partial charge in [-0.1, -0.05) is 52.9 Å². The molecule has 0 unspecified atom stereocenters. The van der Waals surface area contributed by atoms with Crippen molar-refractivity contribution in [2.45, 2.75) is 25.8 Å². The van der Waals surface area contributed by atoms with Crippen LogP contribution in [-0.4, -0.2) is 184 Å². The van der Waals surface area contributed by atoms with E-state index in [0.717, 1.165) is 63.4 Å². The number of aromatic amines is 1. The number of piperidine rings is 1. The van der Waals surface area contributed by atoms with Crippen LogP contribution in [0.1, 0.15) is 51.5 Å². The number of fused-ring (bicyclic) bond motifs is 1. The van der Waals surface area contributed by atoms with Crippen molar-refractivity contribution in [3.05, 3.63) is 89.7 Å². The van der Waals surface area contributed by atoms with E-state index in [1.165, 1.54) is 41.7 Å². The lowest BCUT2D eigenvalue weighted by Gasteiger charge is -2.34. The molecule has 7 rings (SSSR count). The molecule has 0 spiro atoms. The molecule has 2 amide bonds. The van der Waals surface area contributed by atoms with Crippen LogP contribution < -0.4 is 15.4 Å². The van der Waals surface area contributed by atoms with Gasteiger partial charge >= 0.3 is 0 Å². The third kappa shape index (κ3) is 14.3. The molecule has 4 aromatic heterocycles. The molecule has 2 aliphatic heterocycles. The largest absolute Gasteiger partial charge is 0.494 e. The first-order valence-electron chi connectivity index (χ1n) is 23.0. The maximum Gasteiger partial charge on any atom is 0.295 e. The Bertz CT molecular complexity index is 2530. The Morgan fingerprint density at radius 1 is 0.855 bits per heavy atom. The lowest BCUT2D eigenvalue weighted by Crippen LogP contribution is -2.47. The number of H-pyrrole nitrogens is 1. The summed E-state index contributed by atoms with van der Waals surface area (Å²) in [5.41, 5.74) is 3.45. The Balaban J connectivity index is 0.825. The number of rotatable bonds is 26. The van der Waals surface area contributed by atoms with Crippen LogP contribution in [0.25, 0.3) is 22.3 Å². The molecule has 0 bridgehead atoms. The Morgan fingerprint density at radius 3 is 2.25 bits per heavy atom. The van der Waals surface area contributed by atoms with Crippen LogP contribution in [-0.2, 0) is 30.3 Å². The number of aromatic nitrogens is 7. The maximum atomic E-state index is 13.8. The molecule has 0 saturated carbocycles. The van der Waals surface area contributed by atoms with E-state index in [9.17, 15) is 19.6 Å². The molecule has 5 aromatic rings. The summed E-state index contributed by atoms with van der Waals surface area (Å²) in [5, 5.41) is 20.8. The monoisotopic (exact) mass is 1060 g/mol. The van der Waals surface area contributed by atoms with Crippen LogP contribution in [0.3, 0.4) is 0 Å². The van der Waals surface area contributed by atoms with E-state index in [-0.39, 0.29) is 29.5 Å². The second kappa shape index (κ2) is 26.7. The van der Waals surface area contributed by atoms with Gasteiger partial charge in [0.25, 0.3) is 17.6 Å². The summed E-state index contributed by atoms with van der Waals surface area (Å²) in [6, 6.07) is 13.5. The summed E-state index contributed by atoms with van der Waals surface area (Å²) in [6.07, 6.45) is 7.56. The average molecular weight is 1060 g/mol. The first kappa shape index (κ1) is 50.9. The normalized spacial score (nSPS) is 14.4. The predicted octanol–water partition coefficient (Wildman–Crippen LogP) is 3.53. The maximum absolute atomic E-state index is 13.8. The van der Waals surface area contributed by atoms with Gasteiger partial charge in [-0.05, 0) is 36.9 Å². The van der Waals surface area contributed by atoms with Crippen LogP contribution in [0.4, 0.5) is 5.82 Å². The first-order chi connectivity index (χ1) is 33.9. The zero-order valence-electron chi connectivity index (χ0n) is 38.7. The van der Waals surface area contributed by atoms with Gasteiger partial charge in [0.05, 0.1) is 105 Å². The number of allylic oxidation sites excluding steroid dienone is 1. The van der Waals surface area contributed by atoms with Gasteiger partial charge in [0.15, 0.2) is 5.82 Å². The molecule has 2 fully saturated rings. The number of amides is 2. The number of carbonyl (C=O) groups excluding carboxylic acids is 3. The van der Waals surface area contributed by atoms with Crippen molar-refractivity contribution < 1.29 is 38.1 Å². The molecule has 69 heavy (non-hydrogen) atoms. The number of halogens is 1. The minimum atomic E-state index is -0.719. The highest BCUT2D eigenvalue weighted by Gasteiger charge is 2.31. The van der Waals surface area contributed by atoms with Gasteiger partial charge in [-0.15, -0.1) is 5.10 Å². The van der Waals surface area contributed by atoms with Gasteiger partial charge < -0.3 is 49.1 Å². The number of hydrogen-bond donors (Lipinski definition) is 3. The summed E-state index contributed by atoms with van der Waals surface area (Å²) in [6.45, 7) is 11.5. The molecular weight excluding hydrogens is 1000 g/mol. The number of carbonyl (C=O) groups is 3. The summed E-state index contributed by atoms with van der Waals surface area (Å²) in [5.74, 6) is -0.862. The van der Waals surface area contributed by atoms with Crippen LogP contribution >= 0.6 is 22.6 Å². The third-order valence-electron chi connectivity index (χ3n) is 11.7. The van der Waals surface area contributed by atoms with Crippen molar-refractivity contribution in [3.8, 4) is 17.6 Å². The second-order valence-corrected chi connectivity index (χ2v) is 16.7. The molecule has 2 saturated heterocycles. The Morgan fingerprint density at radius 2 is 1.55 bits per heavy atom. The van der Waals surface area contributed by atoms with Crippen molar-refractivity contribution in [1.82, 2.24) is 54.7 Å². The number of Topliss-reactive ketones (excluding diaryl/α,β-unsaturated/α-hetero) is 1. The molecule has 0 radical (unpaired) electrons. The van der Waals surface area contributed by atoms with E-state index >= 15 is 0 Å². The van der Waals surface area contributed by atoms with Crippen LogP contribution in [0.15, 0.2) is 67.0 Å². The van der Waals surface area contributed by atoms with Crippen LogP contribution in [0.2, 0.25) is 0 Å². The molecule has 366 valence electrons. The van der Waals surface area contributed by atoms with Crippen LogP contribution in [0, 0.1) is 11.3 Å². The Hall–Kier alpha value is -5.94. The third-order valence-corrected chi connectivity index (χ3v) is 12.2. The molecule has 1 aromatic carbocycles. The van der Waals surface area contributed by atoms with Gasteiger partial charge in [0.1, 0.15) is 24.2 Å². The fraction of sp³-hybridized carbons (Fsp3) is 0.468. The van der Waals surface area contributed by atoms with E-state index in [2.05, 4.69) is 79.1 Å². The van der Waals surface area contributed by atoms with Gasteiger partial charge in [0, 0.05) is 64.6 Å². The van der Waals surface area contributed by atoms with E-state index in [4.69, 9.17) is 23.7 Å². The number of alkyl halides is 1. The van der Waals surface area contributed by atoms with E-state index in [1.807, 2.05) is 30.3 Å². The number of methoxy groups -OCH3 is 1. The minimum absolute atomic E-state index is 0.105. The number of nitrogens with one attached hydrogen (secondary N) is 3. The highest BCUT2D eigenvalue weighted by atomic mass is 127. The lowest BCUT2D eigenvalue weighted by molar-refractivity contribution is -0.126. The van der Waals surface area contributed by atoms with E-state index < -0.39 is 17.6 Å². The van der Waals surface area contributed by atoms with Crippen molar-refractivity contribution in [2.24, 2.45) is 0 Å². The van der Waals surface area contributed by atoms with Gasteiger partial charge in [-0.25, -0.2) is 19.9 Å². The summed E-state index contributed by atoms with van der Waals surface area (Å²) in [7, 11) is 1.44. The molecule has 0 atom stereocenters. The molecular formula is C47H58IN13O8. The summed E-state index contributed by atoms with van der Waals surface area (Å²) >= 11 is 2.16. The number of piperazine rings is 1. The number of benzene rings is 1. The van der Waals surface area contributed by atoms with Crippen molar-refractivity contribution in [2.75, 3.05) is 122 Å². The van der Waals surface area contributed by atoms with Gasteiger partial charge in [-0.2, -0.15) is 9.94 Å². The Kier molecular flexibility index (Phi) is 19.7. The number of likely N-dealkylation sites (tertiary alicyclic amines) is 1. The van der Waals surface area contributed by atoms with Gasteiger partial charge in [0.2, 0.25) is 5.82 Å². The fourth-order valence-corrected chi connectivity index (χ4v) is 8.34. The summed E-state index contributed by atoms with van der Waals surface area (Å²) in [4.78, 5) is 67.4. The smallest absolute Gasteiger partial charge is 0.295 e. The molecule has 22 heteroatoms. The molecule has 6 heterocycles. The average Bonchev–Trinajstić information content (AvgIpc) is 4.07. The number of hydrogen-bond acceptors (Lipinski definition) is 17. The highest BCUT2D eigenvalue weighted by Crippen LogP contribution is 2.33. The number of ether oxygens (including phenoxy) is 5. The number of ketones is 1. The quantitative estimate of drug-likeness (QED) is 0.0179. The van der Waals surface area contributed by atoms with Gasteiger partial charge in [-0.3, -0.25) is 19.3 Å². The summed E-state index contributed by atoms with van der Waals surface area (Å²) < 4.78 is 29.5. The first-order valence-corrected chi connectivity index (χ1v) is 24.5. The predicted molar refractivity (Wildman–Crippen MR) is 263 cm³/mol. The number of nitrogens with zero attached hydrogens (tertiary/aromatic N) is 10. The second-order valence-electron chi connectivity index (χ2n) is 16.1. The lowest BCUT2D eigenvalue weighted by atomic mass is 9.93. The molecule has 21 nitrogen and oxygen atoms in total. The molecule has 3 N–H and O–H groups in total. The van der Waals surface area contributed by atoms with E-state index in [0.29, 0.717) is 105 Å².